The molecule has 10 nitrogen and oxygen atoms in total. The molecule has 0 aliphatic rings. The molecule has 162 valence electrons. The highest BCUT2D eigenvalue weighted by molar-refractivity contribution is 5.81. The molecule has 1 atom stereocenters. The Labute approximate surface area is 165 Å². The number of nitrogens with one attached hydrogen (secondary N) is 2. The van der Waals surface area contributed by atoms with Gasteiger partial charge in [0.05, 0.1) is 13.2 Å². The van der Waals surface area contributed by atoms with Crippen LogP contribution in [0.25, 0.3) is 0 Å². The third kappa shape index (κ3) is 13.7. The zero-order valence-electron chi connectivity index (χ0n) is 17.7. The molecule has 0 aromatic carbocycles. The first kappa shape index (κ1) is 25.5. The van der Waals surface area contributed by atoms with E-state index in [1.54, 1.807) is 48.5 Å². The number of hydrogen-bond donors (Lipinski definition) is 2. The Balaban J connectivity index is 4.46. The Kier molecular flexibility index (Phi) is 10.3. The van der Waals surface area contributed by atoms with Crippen LogP contribution in [0.15, 0.2) is 0 Å². The molecule has 28 heavy (non-hydrogen) atoms. The molecule has 0 saturated heterocycles. The number of rotatable bonds is 8. The first-order chi connectivity index (χ1) is 12.7. The quantitative estimate of drug-likeness (QED) is 0.463. The second-order valence-corrected chi connectivity index (χ2v) is 7.82. The molecule has 0 aliphatic carbocycles. The Hall–Kier alpha value is -2.52. The highest BCUT2D eigenvalue weighted by Crippen LogP contribution is 2.08. The molecule has 0 heterocycles. The molecular weight excluding hydrogens is 372 g/mol. The van der Waals surface area contributed by atoms with E-state index in [0.717, 1.165) is 0 Å². The normalized spacial score (nSPS) is 12.4. The van der Waals surface area contributed by atoms with Gasteiger partial charge in [-0.1, -0.05) is 0 Å². The molecule has 0 bridgehead atoms. The lowest BCUT2D eigenvalue weighted by molar-refractivity contribution is -0.148. The topological polar surface area (TPSA) is 129 Å². The third-order valence-electron chi connectivity index (χ3n) is 2.71. The molecule has 0 radical (unpaired) electrons. The molecule has 0 unspecified atom stereocenters. The van der Waals surface area contributed by atoms with Crippen LogP contribution in [0.4, 0.5) is 9.59 Å². The summed E-state index contributed by atoms with van der Waals surface area (Å²) in [6, 6.07) is -1.04. The van der Waals surface area contributed by atoms with Crippen molar-refractivity contribution in [3.63, 3.8) is 0 Å². The summed E-state index contributed by atoms with van der Waals surface area (Å²) in [5.41, 5.74) is -1.42. The van der Waals surface area contributed by atoms with Gasteiger partial charge in [-0.2, -0.15) is 0 Å². The van der Waals surface area contributed by atoms with E-state index in [1.807, 2.05) is 0 Å². The highest BCUT2D eigenvalue weighted by Gasteiger charge is 2.25. The first-order valence-corrected chi connectivity index (χ1v) is 9.02. The zero-order valence-corrected chi connectivity index (χ0v) is 17.7. The predicted molar refractivity (Wildman–Crippen MR) is 99.6 cm³/mol. The summed E-state index contributed by atoms with van der Waals surface area (Å²) in [6.07, 6.45) is -1.56. The van der Waals surface area contributed by atoms with Gasteiger partial charge in [0, 0.05) is 6.42 Å². The number of amides is 2. The Morgan fingerprint density at radius 3 is 1.89 bits per heavy atom. The van der Waals surface area contributed by atoms with E-state index in [0.29, 0.717) is 0 Å². The van der Waals surface area contributed by atoms with Gasteiger partial charge in [0.15, 0.2) is 0 Å². The van der Waals surface area contributed by atoms with Crippen LogP contribution in [0.5, 0.6) is 0 Å². The Morgan fingerprint density at radius 1 is 0.857 bits per heavy atom. The lowest BCUT2D eigenvalue weighted by Gasteiger charge is -2.22. The van der Waals surface area contributed by atoms with Crippen LogP contribution in [-0.4, -0.2) is 61.1 Å². The van der Waals surface area contributed by atoms with Crippen LogP contribution in [-0.2, 0) is 28.5 Å². The van der Waals surface area contributed by atoms with Crippen LogP contribution >= 0.6 is 0 Å². The summed E-state index contributed by atoms with van der Waals surface area (Å²) in [5, 5.41) is 4.65. The fraction of sp³-hybridized carbons (Fsp3) is 0.778. The smallest absolute Gasteiger partial charge is 0.408 e. The lowest BCUT2D eigenvalue weighted by atomic mass is 10.2. The van der Waals surface area contributed by atoms with E-state index in [1.165, 1.54) is 0 Å². The maximum atomic E-state index is 12.0. The molecule has 2 amide bonds. The molecule has 2 N–H and O–H groups in total. The number of carbonyl (C=O) groups is 4. The van der Waals surface area contributed by atoms with E-state index >= 15 is 0 Å². The molecule has 0 aliphatic heterocycles. The molecule has 0 spiro atoms. The summed E-state index contributed by atoms with van der Waals surface area (Å²) in [5.74, 6) is -1.39. The number of esters is 2. The second-order valence-electron chi connectivity index (χ2n) is 7.82. The Morgan fingerprint density at radius 2 is 1.39 bits per heavy atom. The number of hydrogen-bond acceptors (Lipinski definition) is 8. The summed E-state index contributed by atoms with van der Waals surface area (Å²) in [6.45, 7) is 11.3. The zero-order chi connectivity index (χ0) is 22.0. The van der Waals surface area contributed by atoms with Gasteiger partial charge in [0.1, 0.15) is 23.8 Å². The van der Waals surface area contributed by atoms with Crippen molar-refractivity contribution in [1.29, 1.82) is 0 Å². The van der Waals surface area contributed by atoms with Crippen molar-refractivity contribution in [2.24, 2.45) is 0 Å². The van der Waals surface area contributed by atoms with Crippen molar-refractivity contribution in [1.82, 2.24) is 10.6 Å². The van der Waals surface area contributed by atoms with Gasteiger partial charge >= 0.3 is 24.1 Å². The molecule has 0 aromatic rings. The van der Waals surface area contributed by atoms with E-state index in [9.17, 15) is 19.2 Å². The average Bonchev–Trinajstić information content (AvgIpc) is 2.48. The van der Waals surface area contributed by atoms with E-state index in [-0.39, 0.29) is 19.6 Å². The average molecular weight is 404 g/mol. The van der Waals surface area contributed by atoms with E-state index in [4.69, 9.17) is 18.9 Å². The third-order valence-corrected chi connectivity index (χ3v) is 2.71. The minimum absolute atomic E-state index is 0.0176. The predicted octanol–water partition coefficient (Wildman–Crippen LogP) is 1.90. The Bertz CT molecular complexity index is 549. The minimum atomic E-state index is -1.04. The molecule has 10 heteroatoms. The number of ether oxygens (including phenoxy) is 4. The summed E-state index contributed by atoms with van der Waals surface area (Å²) in [4.78, 5) is 47.0. The first-order valence-electron chi connectivity index (χ1n) is 9.02. The van der Waals surface area contributed by atoms with Gasteiger partial charge in [0.2, 0.25) is 0 Å². The number of carbonyl (C=O) groups excluding carboxylic acids is 4. The van der Waals surface area contributed by atoms with Crippen LogP contribution in [0.3, 0.4) is 0 Å². The lowest BCUT2D eigenvalue weighted by Crippen LogP contribution is -2.45. The van der Waals surface area contributed by atoms with Crippen LogP contribution < -0.4 is 10.6 Å². The van der Waals surface area contributed by atoms with Crippen molar-refractivity contribution < 1.29 is 38.1 Å². The fourth-order valence-electron chi connectivity index (χ4n) is 1.74. The number of alkyl carbamates (subject to hydrolysis) is 2. The van der Waals surface area contributed by atoms with Crippen molar-refractivity contribution in [2.45, 2.75) is 72.1 Å². The van der Waals surface area contributed by atoms with Crippen LogP contribution in [0.1, 0.15) is 54.9 Å². The van der Waals surface area contributed by atoms with Gasteiger partial charge in [-0.3, -0.25) is 4.79 Å². The largest absolute Gasteiger partial charge is 0.464 e. The SMILES string of the molecule is CCOC(=O)[C@H](CCOC(=O)CNC(=O)OC(C)(C)C)NC(=O)OC(C)(C)C. The molecule has 0 saturated carbocycles. The maximum Gasteiger partial charge on any atom is 0.408 e. The van der Waals surface area contributed by atoms with Gasteiger partial charge in [-0.25, -0.2) is 14.4 Å². The minimum Gasteiger partial charge on any atom is -0.464 e. The fourth-order valence-corrected chi connectivity index (χ4v) is 1.74. The van der Waals surface area contributed by atoms with Crippen molar-refractivity contribution in [3.8, 4) is 0 Å². The van der Waals surface area contributed by atoms with E-state index in [2.05, 4.69) is 10.6 Å². The van der Waals surface area contributed by atoms with Crippen molar-refractivity contribution in [2.75, 3.05) is 19.8 Å². The molecular formula is C18H32N2O8. The molecule has 0 rings (SSSR count). The van der Waals surface area contributed by atoms with Gasteiger partial charge in [-0.05, 0) is 48.5 Å². The summed E-state index contributed by atoms with van der Waals surface area (Å²) in [7, 11) is 0. The van der Waals surface area contributed by atoms with Gasteiger partial charge < -0.3 is 29.6 Å². The van der Waals surface area contributed by atoms with Gasteiger partial charge in [0.25, 0.3) is 0 Å². The standard InChI is InChI=1S/C18H32N2O8/c1-8-25-14(22)12(20-16(24)28-18(5,6)7)9-10-26-13(21)11-19-15(23)27-17(2,3)4/h12H,8-11H2,1-7H3,(H,19,23)(H,20,24)/t12-/m0/s1. The van der Waals surface area contributed by atoms with E-state index < -0.39 is 47.9 Å². The maximum absolute atomic E-state index is 12.0. The van der Waals surface area contributed by atoms with Crippen molar-refractivity contribution in [3.05, 3.63) is 0 Å². The summed E-state index contributed by atoms with van der Waals surface area (Å²) < 4.78 is 19.9. The molecule has 0 fully saturated rings. The van der Waals surface area contributed by atoms with Crippen LogP contribution in [0.2, 0.25) is 0 Å². The van der Waals surface area contributed by atoms with Gasteiger partial charge in [-0.15, -0.1) is 0 Å². The second kappa shape index (κ2) is 11.4. The highest BCUT2D eigenvalue weighted by atomic mass is 16.6. The van der Waals surface area contributed by atoms with Crippen molar-refractivity contribution >= 4 is 24.1 Å². The van der Waals surface area contributed by atoms with Crippen LogP contribution in [0, 0.1) is 0 Å². The molecule has 0 aromatic heterocycles. The summed E-state index contributed by atoms with van der Waals surface area (Å²) >= 11 is 0. The monoisotopic (exact) mass is 404 g/mol.